The lowest BCUT2D eigenvalue weighted by Gasteiger charge is -2.12. The molecule has 2 heteroatoms. The summed E-state index contributed by atoms with van der Waals surface area (Å²) in [7, 11) is 0. The normalized spacial score (nSPS) is 12.7. The first-order valence-electron chi connectivity index (χ1n) is 4.62. The van der Waals surface area contributed by atoms with Gasteiger partial charge < -0.3 is 10.2 Å². The van der Waals surface area contributed by atoms with E-state index in [9.17, 15) is 0 Å². The van der Waals surface area contributed by atoms with E-state index >= 15 is 0 Å². The standard InChI is InChI=1S/C12H13NO/c1-9-4-2-3-5-11(9)12(13)10-6-7-14-8-10/h2-8,12H,13H2,1H3. The smallest absolute Gasteiger partial charge is 0.0953 e. The Kier molecular flexibility index (Phi) is 2.37. The van der Waals surface area contributed by atoms with Crippen LogP contribution >= 0.6 is 0 Å². The van der Waals surface area contributed by atoms with Crippen molar-refractivity contribution in [2.24, 2.45) is 5.73 Å². The third-order valence-electron chi connectivity index (χ3n) is 2.43. The zero-order chi connectivity index (χ0) is 9.97. The summed E-state index contributed by atoms with van der Waals surface area (Å²) in [6.07, 6.45) is 3.34. The molecular formula is C12H13NO. The predicted molar refractivity (Wildman–Crippen MR) is 55.9 cm³/mol. The van der Waals surface area contributed by atoms with E-state index in [1.807, 2.05) is 24.3 Å². The van der Waals surface area contributed by atoms with Gasteiger partial charge in [-0.1, -0.05) is 24.3 Å². The highest BCUT2D eigenvalue weighted by Gasteiger charge is 2.11. The Balaban J connectivity index is 2.37. The van der Waals surface area contributed by atoms with Crippen LogP contribution in [-0.2, 0) is 0 Å². The number of aryl methyl sites for hydroxylation is 1. The molecule has 0 bridgehead atoms. The van der Waals surface area contributed by atoms with E-state index in [4.69, 9.17) is 10.2 Å². The van der Waals surface area contributed by atoms with Crippen LogP contribution in [0, 0.1) is 6.92 Å². The highest BCUT2D eigenvalue weighted by molar-refractivity contribution is 5.34. The van der Waals surface area contributed by atoms with Gasteiger partial charge in [-0.15, -0.1) is 0 Å². The van der Waals surface area contributed by atoms with Gasteiger partial charge in [-0.2, -0.15) is 0 Å². The van der Waals surface area contributed by atoms with Crippen LogP contribution in [-0.4, -0.2) is 0 Å². The van der Waals surface area contributed by atoms with Gasteiger partial charge in [-0.25, -0.2) is 0 Å². The second-order valence-electron chi connectivity index (χ2n) is 3.39. The molecule has 72 valence electrons. The van der Waals surface area contributed by atoms with Gasteiger partial charge in [0.15, 0.2) is 0 Å². The Morgan fingerprint density at radius 2 is 2.00 bits per heavy atom. The Morgan fingerprint density at radius 1 is 1.21 bits per heavy atom. The fourth-order valence-electron chi connectivity index (χ4n) is 1.57. The SMILES string of the molecule is Cc1ccccc1C(N)c1ccoc1. The molecular weight excluding hydrogens is 174 g/mol. The van der Waals surface area contributed by atoms with Crippen molar-refractivity contribution in [3.8, 4) is 0 Å². The van der Waals surface area contributed by atoms with Crippen molar-refractivity contribution in [2.45, 2.75) is 13.0 Å². The highest BCUT2D eigenvalue weighted by atomic mass is 16.3. The summed E-state index contributed by atoms with van der Waals surface area (Å²) in [4.78, 5) is 0. The van der Waals surface area contributed by atoms with Crippen LogP contribution in [0.5, 0.6) is 0 Å². The maximum Gasteiger partial charge on any atom is 0.0953 e. The molecule has 0 saturated carbocycles. The molecule has 0 aliphatic heterocycles. The van der Waals surface area contributed by atoms with Crippen molar-refractivity contribution in [2.75, 3.05) is 0 Å². The zero-order valence-electron chi connectivity index (χ0n) is 8.10. The quantitative estimate of drug-likeness (QED) is 0.785. The molecule has 14 heavy (non-hydrogen) atoms. The van der Waals surface area contributed by atoms with Crippen LogP contribution in [0.2, 0.25) is 0 Å². The van der Waals surface area contributed by atoms with Crippen molar-refractivity contribution in [1.29, 1.82) is 0 Å². The molecule has 0 radical (unpaired) electrons. The van der Waals surface area contributed by atoms with E-state index < -0.39 is 0 Å². The summed E-state index contributed by atoms with van der Waals surface area (Å²) in [6.45, 7) is 2.06. The summed E-state index contributed by atoms with van der Waals surface area (Å²) < 4.78 is 5.02. The molecule has 2 aromatic rings. The average molecular weight is 187 g/mol. The van der Waals surface area contributed by atoms with Gasteiger partial charge in [0.2, 0.25) is 0 Å². The number of hydrogen-bond acceptors (Lipinski definition) is 2. The monoisotopic (exact) mass is 187 g/mol. The zero-order valence-corrected chi connectivity index (χ0v) is 8.10. The average Bonchev–Trinajstić information content (AvgIpc) is 2.70. The Morgan fingerprint density at radius 3 is 2.64 bits per heavy atom. The molecule has 0 saturated heterocycles. The fraction of sp³-hybridized carbons (Fsp3) is 0.167. The van der Waals surface area contributed by atoms with Crippen LogP contribution in [0.3, 0.4) is 0 Å². The number of benzene rings is 1. The first kappa shape index (κ1) is 9.03. The molecule has 1 aromatic carbocycles. The Labute approximate surface area is 83.4 Å². The van der Waals surface area contributed by atoms with Gasteiger partial charge in [0, 0.05) is 5.56 Å². The lowest BCUT2D eigenvalue weighted by atomic mass is 9.98. The molecule has 2 nitrogen and oxygen atoms in total. The Hall–Kier alpha value is -1.54. The molecule has 1 heterocycles. The lowest BCUT2D eigenvalue weighted by Crippen LogP contribution is -2.12. The summed E-state index contributed by atoms with van der Waals surface area (Å²) in [5.74, 6) is 0. The van der Waals surface area contributed by atoms with Crippen LogP contribution in [0.15, 0.2) is 47.3 Å². The molecule has 1 unspecified atom stereocenters. The first-order valence-corrected chi connectivity index (χ1v) is 4.62. The first-order chi connectivity index (χ1) is 6.79. The largest absolute Gasteiger partial charge is 0.472 e. The summed E-state index contributed by atoms with van der Waals surface area (Å²) in [5, 5.41) is 0. The van der Waals surface area contributed by atoms with Gasteiger partial charge in [-0.3, -0.25) is 0 Å². The van der Waals surface area contributed by atoms with Crippen molar-refractivity contribution >= 4 is 0 Å². The van der Waals surface area contributed by atoms with E-state index in [2.05, 4.69) is 13.0 Å². The van der Waals surface area contributed by atoms with E-state index in [0.29, 0.717) is 0 Å². The van der Waals surface area contributed by atoms with Crippen molar-refractivity contribution < 1.29 is 4.42 Å². The van der Waals surface area contributed by atoms with Gasteiger partial charge in [0.1, 0.15) is 0 Å². The lowest BCUT2D eigenvalue weighted by molar-refractivity contribution is 0.562. The molecule has 0 spiro atoms. The maximum absolute atomic E-state index is 6.10. The molecule has 0 fully saturated rings. The van der Waals surface area contributed by atoms with Crippen molar-refractivity contribution in [1.82, 2.24) is 0 Å². The number of rotatable bonds is 2. The molecule has 1 aromatic heterocycles. The third kappa shape index (κ3) is 1.56. The molecule has 1 atom stereocenters. The fourth-order valence-corrected chi connectivity index (χ4v) is 1.57. The van der Waals surface area contributed by atoms with Crippen LogP contribution < -0.4 is 5.73 Å². The van der Waals surface area contributed by atoms with Gasteiger partial charge >= 0.3 is 0 Å². The second kappa shape index (κ2) is 3.68. The molecule has 2 rings (SSSR count). The second-order valence-corrected chi connectivity index (χ2v) is 3.39. The van der Waals surface area contributed by atoms with Crippen LogP contribution in [0.4, 0.5) is 0 Å². The van der Waals surface area contributed by atoms with E-state index in [1.54, 1.807) is 12.5 Å². The summed E-state index contributed by atoms with van der Waals surface area (Å²) >= 11 is 0. The number of nitrogens with two attached hydrogens (primary N) is 1. The number of hydrogen-bond donors (Lipinski definition) is 1. The van der Waals surface area contributed by atoms with Crippen LogP contribution in [0.25, 0.3) is 0 Å². The molecule has 0 aliphatic rings. The summed E-state index contributed by atoms with van der Waals surface area (Å²) in [6, 6.07) is 9.94. The van der Waals surface area contributed by atoms with E-state index in [1.165, 1.54) is 5.56 Å². The van der Waals surface area contributed by atoms with Crippen molar-refractivity contribution in [3.63, 3.8) is 0 Å². The minimum atomic E-state index is -0.0880. The molecule has 0 aliphatic carbocycles. The summed E-state index contributed by atoms with van der Waals surface area (Å²) in [5.41, 5.74) is 9.47. The van der Waals surface area contributed by atoms with Gasteiger partial charge in [0.05, 0.1) is 18.6 Å². The van der Waals surface area contributed by atoms with Gasteiger partial charge in [0.25, 0.3) is 0 Å². The topological polar surface area (TPSA) is 39.2 Å². The van der Waals surface area contributed by atoms with Crippen molar-refractivity contribution in [3.05, 3.63) is 59.5 Å². The minimum Gasteiger partial charge on any atom is -0.472 e. The number of furan rings is 1. The molecule has 2 N–H and O–H groups in total. The maximum atomic E-state index is 6.10. The van der Waals surface area contributed by atoms with Crippen LogP contribution in [0.1, 0.15) is 22.7 Å². The minimum absolute atomic E-state index is 0.0880. The predicted octanol–water partition coefficient (Wildman–Crippen LogP) is 2.64. The van der Waals surface area contributed by atoms with E-state index in [0.717, 1.165) is 11.1 Å². The molecule has 0 amide bonds. The third-order valence-corrected chi connectivity index (χ3v) is 2.43. The van der Waals surface area contributed by atoms with Gasteiger partial charge in [-0.05, 0) is 24.1 Å². The Bertz CT molecular complexity index is 406. The van der Waals surface area contributed by atoms with E-state index in [-0.39, 0.29) is 6.04 Å². The highest BCUT2D eigenvalue weighted by Crippen LogP contribution is 2.22.